The second-order valence-electron chi connectivity index (χ2n) is 5.90. The molecular formula is C16H22FNO3. The van der Waals surface area contributed by atoms with Gasteiger partial charge >= 0.3 is 0 Å². The van der Waals surface area contributed by atoms with Crippen LogP contribution >= 0.6 is 0 Å². The molecule has 1 rings (SSSR count). The van der Waals surface area contributed by atoms with E-state index >= 15 is 0 Å². The van der Waals surface area contributed by atoms with Crippen molar-refractivity contribution in [1.82, 2.24) is 5.32 Å². The molecule has 0 fully saturated rings. The van der Waals surface area contributed by atoms with Crippen LogP contribution < -0.4 is 10.1 Å². The number of ether oxygens (including phenoxy) is 1. The van der Waals surface area contributed by atoms with Crippen LogP contribution in [0, 0.1) is 5.82 Å². The summed E-state index contributed by atoms with van der Waals surface area (Å²) in [6, 6.07) is 4.42. The minimum atomic E-state index is -1.07. The molecule has 0 aliphatic carbocycles. The van der Waals surface area contributed by atoms with E-state index in [1.807, 2.05) is 0 Å². The molecule has 0 aromatic heterocycles. The summed E-state index contributed by atoms with van der Waals surface area (Å²) in [4.78, 5) is 11.9. The number of aliphatic hydroxyl groups is 1. The van der Waals surface area contributed by atoms with Crippen LogP contribution in [0.4, 0.5) is 4.39 Å². The van der Waals surface area contributed by atoms with Crippen LogP contribution in [0.3, 0.4) is 0 Å². The molecule has 0 heterocycles. The molecule has 0 aliphatic rings. The third kappa shape index (κ3) is 4.56. The van der Waals surface area contributed by atoms with Crippen molar-refractivity contribution in [3.63, 3.8) is 0 Å². The van der Waals surface area contributed by atoms with Crippen molar-refractivity contribution in [3.8, 4) is 5.75 Å². The van der Waals surface area contributed by atoms with Crippen LogP contribution in [0.1, 0.15) is 33.3 Å². The molecule has 2 N–H and O–H groups in total. The van der Waals surface area contributed by atoms with Crippen molar-refractivity contribution in [2.24, 2.45) is 0 Å². The SMILES string of the molecule is COc1ccc(/C=C/C(=O)NC(C)(C)C(C)(C)O)cc1F. The van der Waals surface area contributed by atoms with Crippen molar-refractivity contribution in [2.75, 3.05) is 7.11 Å². The number of carbonyl (C=O) groups excluding carboxylic acids is 1. The highest BCUT2D eigenvalue weighted by Crippen LogP contribution is 2.21. The van der Waals surface area contributed by atoms with Crippen LogP contribution in [0.25, 0.3) is 6.08 Å². The summed E-state index contributed by atoms with van der Waals surface area (Å²) in [6.07, 6.45) is 2.80. The quantitative estimate of drug-likeness (QED) is 0.821. The largest absolute Gasteiger partial charge is 0.494 e. The normalized spacial score (nSPS) is 12.5. The summed E-state index contributed by atoms with van der Waals surface area (Å²) in [5.74, 6) is -0.699. The highest BCUT2D eigenvalue weighted by atomic mass is 19.1. The Labute approximate surface area is 124 Å². The molecule has 1 aromatic carbocycles. The van der Waals surface area contributed by atoms with Gasteiger partial charge in [-0.15, -0.1) is 0 Å². The molecule has 0 radical (unpaired) electrons. The Morgan fingerprint density at radius 3 is 2.43 bits per heavy atom. The zero-order chi connectivity index (χ0) is 16.3. The number of hydrogen-bond acceptors (Lipinski definition) is 3. The number of hydrogen-bond donors (Lipinski definition) is 2. The Morgan fingerprint density at radius 2 is 1.95 bits per heavy atom. The topological polar surface area (TPSA) is 58.6 Å². The second kappa shape index (κ2) is 6.26. The lowest BCUT2D eigenvalue weighted by Crippen LogP contribution is -2.57. The van der Waals surface area contributed by atoms with Gasteiger partial charge in [0.25, 0.3) is 0 Å². The molecule has 0 unspecified atom stereocenters. The molecule has 4 nitrogen and oxygen atoms in total. The van der Waals surface area contributed by atoms with Crippen LogP contribution in [-0.2, 0) is 4.79 Å². The van der Waals surface area contributed by atoms with E-state index in [2.05, 4.69) is 5.32 Å². The molecule has 0 saturated carbocycles. The van der Waals surface area contributed by atoms with Gasteiger partial charge in [0.2, 0.25) is 5.91 Å². The molecule has 1 amide bonds. The van der Waals surface area contributed by atoms with Gasteiger partial charge in [-0.2, -0.15) is 0 Å². The highest BCUT2D eigenvalue weighted by Gasteiger charge is 2.35. The average Bonchev–Trinajstić information content (AvgIpc) is 2.34. The summed E-state index contributed by atoms with van der Waals surface area (Å²) in [5, 5.41) is 12.7. The van der Waals surface area contributed by atoms with Crippen molar-refractivity contribution in [2.45, 2.75) is 38.8 Å². The molecular weight excluding hydrogens is 273 g/mol. The van der Waals surface area contributed by atoms with Crippen molar-refractivity contribution >= 4 is 12.0 Å². The van der Waals surface area contributed by atoms with E-state index in [0.717, 1.165) is 0 Å². The van der Waals surface area contributed by atoms with Gasteiger partial charge in [0, 0.05) is 6.08 Å². The first kappa shape index (κ1) is 17.2. The number of carbonyl (C=O) groups is 1. The lowest BCUT2D eigenvalue weighted by atomic mass is 9.86. The standard InChI is InChI=1S/C16H22FNO3/c1-15(2,16(3,4)20)18-14(19)9-7-11-6-8-13(21-5)12(17)10-11/h6-10,20H,1-5H3,(H,18,19)/b9-7+. The fraction of sp³-hybridized carbons (Fsp3) is 0.438. The average molecular weight is 295 g/mol. The first-order valence-corrected chi connectivity index (χ1v) is 6.63. The number of methoxy groups -OCH3 is 1. The maximum absolute atomic E-state index is 13.5. The van der Waals surface area contributed by atoms with Gasteiger partial charge in [-0.1, -0.05) is 6.07 Å². The summed E-state index contributed by atoms with van der Waals surface area (Å²) in [7, 11) is 1.39. The van der Waals surface area contributed by atoms with Gasteiger partial charge in [-0.25, -0.2) is 4.39 Å². The highest BCUT2D eigenvalue weighted by molar-refractivity contribution is 5.92. The Balaban J connectivity index is 2.77. The Morgan fingerprint density at radius 1 is 1.33 bits per heavy atom. The van der Waals surface area contributed by atoms with Crippen molar-refractivity contribution < 1.29 is 19.0 Å². The van der Waals surface area contributed by atoms with E-state index in [0.29, 0.717) is 5.56 Å². The van der Waals surface area contributed by atoms with Crippen LogP contribution in [0.15, 0.2) is 24.3 Å². The predicted octanol–water partition coefficient (Wildman–Crippen LogP) is 2.51. The fourth-order valence-electron chi connectivity index (χ4n) is 1.46. The van der Waals surface area contributed by atoms with E-state index in [1.165, 1.54) is 31.4 Å². The van der Waals surface area contributed by atoms with Crippen molar-refractivity contribution in [1.29, 1.82) is 0 Å². The van der Waals surface area contributed by atoms with Gasteiger partial charge in [-0.05, 0) is 51.5 Å². The maximum atomic E-state index is 13.5. The smallest absolute Gasteiger partial charge is 0.244 e. The number of nitrogens with one attached hydrogen (secondary N) is 1. The molecule has 5 heteroatoms. The fourth-order valence-corrected chi connectivity index (χ4v) is 1.46. The second-order valence-corrected chi connectivity index (χ2v) is 5.90. The van der Waals surface area contributed by atoms with Gasteiger partial charge in [-0.3, -0.25) is 4.79 Å². The van der Waals surface area contributed by atoms with E-state index < -0.39 is 17.0 Å². The Hall–Kier alpha value is -1.88. The Bertz CT molecular complexity index is 545. The van der Waals surface area contributed by atoms with Gasteiger partial charge in [0.1, 0.15) is 0 Å². The van der Waals surface area contributed by atoms with E-state index in [-0.39, 0.29) is 11.7 Å². The first-order valence-electron chi connectivity index (χ1n) is 6.63. The lowest BCUT2D eigenvalue weighted by molar-refractivity contribution is -0.121. The zero-order valence-electron chi connectivity index (χ0n) is 13.0. The molecule has 0 atom stereocenters. The molecule has 1 aromatic rings. The molecule has 0 aliphatic heterocycles. The van der Waals surface area contributed by atoms with E-state index in [9.17, 15) is 14.3 Å². The van der Waals surface area contributed by atoms with Gasteiger partial charge in [0.05, 0.1) is 18.2 Å². The first-order chi connectivity index (χ1) is 9.56. The maximum Gasteiger partial charge on any atom is 0.244 e. The van der Waals surface area contributed by atoms with Crippen LogP contribution in [0.5, 0.6) is 5.75 Å². The third-order valence-electron chi connectivity index (χ3n) is 3.57. The lowest BCUT2D eigenvalue weighted by Gasteiger charge is -2.37. The van der Waals surface area contributed by atoms with Gasteiger partial charge in [0.15, 0.2) is 11.6 Å². The minimum Gasteiger partial charge on any atom is -0.494 e. The predicted molar refractivity (Wildman–Crippen MR) is 80.5 cm³/mol. The molecule has 116 valence electrons. The third-order valence-corrected chi connectivity index (χ3v) is 3.57. The van der Waals surface area contributed by atoms with Crippen molar-refractivity contribution in [3.05, 3.63) is 35.7 Å². The van der Waals surface area contributed by atoms with Crippen LogP contribution in [-0.4, -0.2) is 29.3 Å². The van der Waals surface area contributed by atoms with E-state index in [1.54, 1.807) is 33.8 Å². The molecule has 21 heavy (non-hydrogen) atoms. The number of amides is 1. The monoisotopic (exact) mass is 295 g/mol. The summed E-state index contributed by atoms with van der Waals surface area (Å²) >= 11 is 0. The van der Waals surface area contributed by atoms with E-state index in [4.69, 9.17) is 4.74 Å². The number of rotatable bonds is 5. The van der Waals surface area contributed by atoms with Gasteiger partial charge < -0.3 is 15.2 Å². The van der Waals surface area contributed by atoms with Crippen LogP contribution in [0.2, 0.25) is 0 Å². The minimum absolute atomic E-state index is 0.153. The Kier molecular flexibility index (Phi) is 5.12. The molecule has 0 spiro atoms. The molecule has 0 bridgehead atoms. The summed E-state index contributed by atoms with van der Waals surface area (Å²) < 4.78 is 18.3. The number of halogens is 1. The summed E-state index contributed by atoms with van der Waals surface area (Å²) in [6.45, 7) is 6.70. The zero-order valence-corrected chi connectivity index (χ0v) is 13.0. The summed E-state index contributed by atoms with van der Waals surface area (Å²) in [5.41, 5.74) is -1.31. The number of benzene rings is 1. The molecule has 0 saturated heterocycles.